The number of hydrogen-bond donors (Lipinski definition) is 4. The standard InChI is InChI=1S/C10H20N4O/c1-13-8(3-5-10(12)15)7-2-4-9(11)14-6-7/h3,5,7-9,13-14H,2,4,6,11H2,1H3,(H2,12,15)/b5-3-. The quantitative estimate of drug-likeness (QED) is 0.445. The first-order valence-corrected chi connectivity index (χ1v) is 5.27. The average molecular weight is 212 g/mol. The number of piperidine rings is 1. The van der Waals surface area contributed by atoms with E-state index < -0.39 is 5.91 Å². The minimum atomic E-state index is -0.407. The van der Waals surface area contributed by atoms with E-state index in [9.17, 15) is 4.79 Å². The molecule has 3 unspecified atom stereocenters. The van der Waals surface area contributed by atoms with Gasteiger partial charge in [-0.25, -0.2) is 0 Å². The zero-order chi connectivity index (χ0) is 11.3. The van der Waals surface area contributed by atoms with Crippen molar-refractivity contribution >= 4 is 5.91 Å². The Morgan fingerprint density at radius 2 is 2.33 bits per heavy atom. The van der Waals surface area contributed by atoms with Crippen molar-refractivity contribution in [3.05, 3.63) is 12.2 Å². The SMILES string of the molecule is CNC(/C=C\C(N)=O)C1CCC(N)NC1. The lowest BCUT2D eigenvalue weighted by Crippen LogP contribution is -2.49. The van der Waals surface area contributed by atoms with E-state index in [2.05, 4.69) is 10.6 Å². The van der Waals surface area contributed by atoms with Crippen molar-refractivity contribution in [2.24, 2.45) is 17.4 Å². The maximum absolute atomic E-state index is 10.6. The molecule has 3 atom stereocenters. The minimum Gasteiger partial charge on any atom is -0.366 e. The summed E-state index contributed by atoms with van der Waals surface area (Å²) in [4.78, 5) is 10.6. The van der Waals surface area contributed by atoms with E-state index in [0.29, 0.717) is 5.92 Å². The summed E-state index contributed by atoms with van der Waals surface area (Å²) in [5, 5.41) is 6.39. The van der Waals surface area contributed by atoms with Crippen LogP contribution in [0.25, 0.3) is 0 Å². The largest absolute Gasteiger partial charge is 0.366 e. The van der Waals surface area contributed by atoms with Crippen LogP contribution in [0.15, 0.2) is 12.2 Å². The summed E-state index contributed by atoms with van der Waals surface area (Å²) in [6, 6.07) is 0.178. The second kappa shape index (κ2) is 5.85. The number of rotatable bonds is 4. The van der Waals surface area contributed by atoms with Crippen molar-refractivity contribution in [3.8, 4) is 0 Å². The van der Waals surface area contributed by atoms with E-state index in [1.165, 1.54) is 6.08 Å². The van der Waals surface area contributed by atoms with Crippen molar-refractivity contribution in [2.75, 3.05) is 13.6 Å². The van der Waals surface area contributed by atoms with E-state index in [-0.39, 0.29) is 12.2 Å². The Balaban J connectivity index is 2.47. The van der Waals surface area contributed by atoms with Crippen LogP contribution in [0.4, 0.5) is 0 Å². The molecule has 5 heteroatoms. The van der Waals surface area contributed by atoms with Crippen LogP contribution in [0.5, 0.6) is 0 Å². The van der Waals surface area contributed by atoms with Crippen LogP contribution in [-0.2, 0) is 4.79 Å². The zero-order valence-corrected chi connectivity index (χ0v) is 9.07. The third-order valence-corrected chi connectivity index (χ3v) is 2.80. The number of amides is 1. The molecule has 0 aromatic rings. The minimum absolute atomic E-state index is 0.110. The summed E-state index contributed by atoms with van der Waals surface area (Å²) in [5.41, 5.74) is 10.8. The van der Waals surface area contributed by atoms with E-state index in [1.807, 2.05) is 13.1 Å². The van der Waals surface area contributed by atoms with Crippen LogP contribution in [-0.4, -0.2) is 31.7 Å². The number of carbonyl (C=O) groups is 1. The normalized spacial score (nSPS) is 29.2. The molecule has 86 valence electrons. The van der Waals surface area contributed by atoms with Gasteiger partial charge in [0.05, 0.1) is 6.17 Å². The van der Waals surface area contributed by atoms with Crippen molar-refractivity contribution < 1.29 is 4.79 Å². The molecule has 1 amide bonds. The van der Waals surface area contributed by atoms with Gasteiger partial charge in [-0.2, -0.15) is 0 Å². The number of nitrogens with one attached hydrogen (secondary N) is 2. The summed E-state index contributed by atoms with van der Waals surface area (Å²) in [6.07, 6.45) is 5.37. The fraction of sp³-hybridized carbons (Fsp3) is 0.700. The Morgan fingerprint density at radius 3 is 2.80 bits per heavy atom. The van der Waals surface area contributed by atoms with Crippen LogP contribution >= 0.6 is 0 Å². The van der Waals surface area contributed by atoms with Crippen molar-refractivity contribution in [1.82, 2.24) is 10.6 Å². The van der Waals surface area contributed by atoms with E-state index in [4.69, 9.17) is 11.5 Å². The molecular formula is C10H20N4O. The molecule has 1 saturated heterocycles. The number of likely N-dealkylation sites (N-methyl/N-ethyl adjacent to an activating group) is 1. The summed E-state index contributed by atoms with van der Waals surface area (Å²) in [7, 11) is 1.88. The molecule has 1 heterocycles. The number of hydrogen-bond acceptors (Lipinski definition) is 4. The maximum Gasteiger partial charge on any atom is 0.241 e. The van der Waals surface area contributed by atoms with Gasteiger partial charge in [0.1, 0.15) is 0 Å². The van der Waals surface area contributed by atoms with Crippen molar-refractivity contribution in [1.29, 1.82) is 0 Å². The molecule has 0 aromatic carbocycles. The molecule has 1 aliphatic rings. The van der Waals surface area contributed by atoms with Gasteiger partial charge in [0.25, 0.3) is 0 Å². The molecular weight excluding hydrogens is 192 g/mol. The van der Waals surface area contributed by atoms with Gasteiger partial charge < -0.3 is 22.1 Å². The predicted octanol–water partition coefficient (Wildman–Crippen LogP) is -1.10. The molecule has 6 N–H and O–H groups in total. The predicted molar refractivity (Wildman–Crippen MR) is 59.9 cm³/mol. The van der Waals surface area contributed by atoms with Crippen LogP contribution in [0.2, 0.25) is 0 Å². The van der Waals surface area contributed by atoms with Gasteiger partial charge >= 0.3 is 0 Å². The molecule has 0 aromatic heterocycles. The third-order valence-electron chi connectivity index (χ3n) is 2.80. The fourth-order valence-electron chi connectivity index (χ4n) is 1.89. The molecule has 0 spiro atoms. The lowest BCUT2D eigenvalue weighted by atomic mass is 9.90. The van der Waals surface area contributed by atoms with Gasteiger partial charge in [-0.3, -0.25) is 4.79 Å². The lowest BCUT2D eigenvalue weighted by Gasteiger charge is -2.31. The first-order chi connectivity index (χ1) is 7.13. The average Bonchev–Trinajstić information content (AvgIpc) is 2.21. The molecule has 0 radical (unpaired) electrons. The van der Waals surface area contributed by atoms with Crippen LogP contribution < -0.4 is 22.1 Å². The Bertz CT molecular complexity index is 234. The molecule has 15 heavy (non-hydrogen) atoms. The topological polar surface area (TPSA) is 93.2 Å². The lowest BCUT2D eigenvalue weighted by molar-refractivity contribution is -0.113. The highest BCUT2D eigenvalue weighted by Crippen LogP contribution is 2.16. The Hall–Kier alpha value is -0.910. The first-order valence-electron chi connectivity index (χ1n) is 5.27. The van der Waals surface area contributed by atoms with Crippen molar-refractivity contribution in [2.45, 2.75) is 25.0 Å². The number of carbonyl (C=O) groups excluding carboxylic acids is 1. The smallest absolute Gasteiger partial charge is 0.241 e. The van der Waals surface area contributed by atoms with Gasteiger partial charge in [0.2, 0.25) is 5.91 Å². The van der Waals surface area contributed by atoms with Gasteiger partial charge in [-0.15, -0.1) is 0 Å². The zero-order valence-electron chi connectivity index (χ0n) is 9.07. The molecule has 0 aliphatic carbocycles. The van der Waals surface area contributed by atoms with Crippen LogP contribution in [0.1, 0.15) is 12.8 Å². The Morgan fingerprint density at radius 1 is 1.60 bits per heavy atom. The summed E-state index contributed by atoms with van der Waals surface area (Å²) in [5.74, 6) is 0.0566. The maximum atomic E-state index is 10.6. The fourth-order valence-corrected chi connectivity index (χ4v) is 1.89. The highest BCUT2D eigenvalue weighted by molar-refractivity contribution is 5.85. The Kier molecular flexibility index (Phi) is 4.74. The van der Waals surface area contributed by atoms with Gasteiger partial charge in [0, 0.05) is 18.7 Å². The molecule has 0 bridgehead atoms. The van der Waals surface area contributed by atoms with Crippen molar-refractivity contribution in [3.63, 3.8) is 0 Å². The van der Waals surface area contributed by atoms with E-state index in [0.717, 1.165) is 19.4 Å². The monoisotopic (exact) mass is 212 g/mol. The van der Waals surface area contributed by atoms with Gasteiger partial charge in [-0.1, -0.05) is 6.08 Å². The van der Waals surface area contributed by atoms with E-state index in [1.54, 1.807) is 0 Å². The summed E-state index contributed by atoms with van der Waals surface area (Å²) >= 11 is 0. The highest BCUT2D eigenvalue weighted by atomic mass is 16.1. The molecule has 1 aliphatic heterocycles. The molecule has 1 rings (SSSR count). The Labute approximate surface area is 90.3 Å². The van der Waals surface area contributed by atoms with Gasteiger partial charge in [0.15, 0.2) is 0 Å². The second-order valence-electron chi connectivity index (χ2n) is 3.93. The summed E-state index contributed by atoms with van der Waals surface area (Å²) in [6.45, 7) is 0.871. The van der Waals surface area contributed by atoms with Crippen LogP contribution in [0, 0.1) is 5.92 Å². The number of primary amides is 1. The van der Waals surface area contributed by atoms with E-state index >= 15 is 0 Å². The van der Waals surface area contributed by atoms with Crippen LogP contribution in [0.3, 0.4) is 0 Å². The molecule has 0 saturated carbocycles. The molecule has 1 fully saturated rings. The first kappa shape index (κ1) is 12.2. The number of nitrogens with two attached hydrogens (primary N) is 2. The third kappa shape index (κ3) is 3.99. The second-order valence-corrected chi connectivity index (χ2v) is 3.93. The summed E-state index contributed by atoms with van der Waals surface area (Å²) < 4.78 is 0. The molecule has 5 nitrogen and oxygen atoms in total. The van der Waals surface area contributed by atoms with Gasteiger partial charge in [-0.05, 0) is 25.8 Å². The highest BCUT2D eigenvalue weighted by Gasteiger charge is 2.23.